The van der Waals surface area contributed by atoms with Crippen molar-refractivity contribution in [1.82, 2.24) is 14.5 Å². The number of hydrogen-bond acceptors (Lipinski definition) is 4. The SMILES string of the molecule is CCN(CC)CCNC(=O)c1cccc(S(=O)(=O)N2CCc3ccccc3C2)c1. The van der Waals surface area contributed by atoms with Crippen LogP contribution in [0.5, 0.6) is 0 Å². The van der Waals surface area contributed by atoms with Crippen LogP contribution in [-0.2, 0) is 23.0 Å². The Kier molecular flexibility index (Phi) is 7.05. The molecular weight excluding hydrogens is 386 g/mol. The van der Waals surface area contributed by atoms with Gasteiger partial charge in [0, 0.05) is 31.7 Å². The van der Waals surface area contributed by atoms with E-state index in [2.05, 4.69) is 24.1 Å². The molecule has 0 saturated carbocycles. The van der Waals surface area contributed by atoms with Crippen LogP contribution in [0.3, 0.4) is 0 Å². The maximum absolute atomic E-state index is 13.1. The van der Waals surface area contributed by atoms with Crippen LogP contribution in [0.15, 0.2) is 53.4 Å². The fourth-order valence-electron chi connectivity index (χ4n) is 3.59. The summed E-state index contributed by atoms with van der Waals surface area (Å²) in [6.07, 6.45) is 0.695. The van der Waals surface area contributed by atoms with Crippen molar-refractivity contribution < 1.29 is 13.2 Å². The summed E-state index contributed by atoms with van der Waals surface area (Å²) in [5.74, 6) is -0.252. The number of sulfonamides is 1. The van der Waals surface area contributed by atoms with Crippen molar-refractivity contribution in [2.75, 3.05) is 32.7 Å². The van der Waals surface area contributed by atoms with Crippen LogP contribution in [0.1, 0.15) is 35.3 Å². The van der Waals surface area contributed by atoms with E-state index in [9.17, 15) is 13.2 Å². The van der Waals surface area contributed by atoms with E-state index in [0.717, 1.165) is 25.2 Å². The Balaban J connectivity index is 1.70. The van der Waals surface area contributed by atoms with E-state index in [1.54, 1.807) is 18.2 Å². The fourth-order valence-corrected chi connectivity index (χ4v) is 5.06. The molecule has 1 heterocycles. The highest BCUT2D eigenvalue weighted by Gasteiger charge is 2.28. The predicted octanol–water partition coefficient (Wildman–Crippen LogP) is 2.51. The van der Waals surface area contributed by atoms with Crippen LogP contribution in [-0.4, -0.2) is 56.3 Å². The lowest BCUT2D eigenvalue weighted by Gasteiger charge is -2.28. The number of fused-ring (bicyclic) bond motifs is 1. The van der Waals surface area contributed by atoms with E-state index < -0.39 is 10.0 Å². The zero-order valence-electron chi connectivity index (χ0n) is 17.1. The van der Waals surface area contributed by atoms with Gasteiger partial charge in [0.1, 0.15) is 0 Å². The number of carbonyl (C=O) groups excluding carboxylic acids is 1. The van der Waals surface area contributed by atoms with Gasteiger partial charge in [-0.2, -0.15) is 4.31 Å². The first-order chi connectivity index (χ1) is 14.0. The summed E-state index contributed by atoms with van der Waals surface area (Å²) in [5, 5.41) is 2.88. The number of carbonyl (C=O) groups is 1. The summed E-state index contributed by atoms with van der Waals surface area (Å²) in [4.78, 5) is 14.9. The second-order valence-electron chi connectivity index (χ2n) is 7.17. The molecule has 2 aromatic carbocycles. The molecule has 156 valence electrons. The van der Waals surface area contributed by atoms with Crippen molar-refractivity contribution in [3.8, 4) is 0 Å². The molecule has 1 aliphatic rings. The van der Waals surface area contributed by atoms with Crippen molar-refractivity contribution in [1.29, 1.82) is 0 Å². The van der Waals surface area contributed by atoms with Gasteiger partial charge in [0.25, 0.3) is 5.91 Å². The molecule has 0 saturated heterocycles. The van der Waals surface area contributed by atoms with Crippen LogP contribution in [0.25, 0.3) is 0 Å². The summed E-state index contributed by atoms with van der Waals surface area (Å²) in [7, 11) is -3.66. The highest BCUT2D eigenvalue weighted by Crippen LogP contribution is 2.25. The second kappa shape index (κ2) is 9.52. The predicted molar refractivity (Wildman–Crippen MR) is 114 cm³/mol. The third-order valence-corrected chi connectivity index (χ3v) is 7.28. The Morgan fingerprint density at radius 3 is 2.52 bits per heavy atom. The van der Waals surface area contributed by atoms with E-state index in [1.807, 2.05) is 24.3 Å². The lowest BCUT2D eigenvalue weighted by atomic mass is 10.0. The average molecular weight is 416 g/mol. The van der Waals surface area contributed by atoms with E-state index in [4.69, 9.17) is 0 Å². The maximum atomic E-state index is 13.1. The molecule has 0 radical (unpaired) electrons. The van der Waals surface area contributed by atoms with Crippen LogP contribution in [0.2, 0.25) is 0 Å². The van der Waals surface area contributed by atoms with E-state index >= 15 is 0 Å². The van der Waals surface area contributed by atoms with Gasteiger partial charge in [0.05, 0.1) is 4.90 Å². The first kappa shape index (κ1) is 21.5. The molecule has 1 aliphatic heterocycles. The third kappa shape index (κ3) is 5.04. The molecular formula is C22H29N3O3S. The minimum atomic E-state index is -3.66. The largest absolute Gasteiger partial charge is 0.351 e. The van der Waals surface area contributed by atoms with Gasteiger partial charge in [0.2, 0.25) is 10.0 Å². The highest BCUT2D eigenvalue weighted by molar-refractivity contribution is 7.89. The van der Waals surface area contributed by atoms with Crippen molar-refractivity contribution in [3.05, 3.63) is 65.2 Å². The topological polar surface area (TPSA) is 69.7 Å². The molecule has 0 aliphatic carbocycles. The van der Waals surface area contributed by atoms with Gasteiger partial charge < -0.3 is 10.2 Å². The fraction of sp³-hybridized carbons (Fsp3) is 0.409. The van der Waals surface area contributed by atoms with Crippen LogP contribution >= 0.6 is 0 Å². The van der Waals surface area contributed by atoms with Crippen molar-refractivity contribution in [3.63, 3.8) is 0 Å². The number of nitrogens with zero attached hydrogens (tertiary/aromatic N) is 2. The van der Waals surface area contributed by atoms with Gasteiger partial charge in [-0.1, -0.05) is 44.2 Å². The van der Waals surface area contributed by atoms with E-state index in [0.29, 0.717) is 31.6 Å². The minimum absolute atomic E-state index is 0.160. The van der Waals surface area contributed by atoms with Gasteiger partial charge in [-0.05, 0) is 48.8 Å². The summed E-state index contributed by atoms with van der Waals surface area (Å²) in [6.45, 7) is 8.12. The Bertz CT molecular complexity index is 955. The third-order valence-electron chi connectivity index (χ3n) is 5.44. The lowest BCUT2D eigenvalue weighted by Crippen LogP contribution is -2.36. The minimum Gasteiger partial charge on any atom is -0.351 e. The molecule has 0 fully saturated rings. The van der Waals surface area contributed by atoms with Crippen LogP contribution < -0.4 is 5.32 Å². The van der Waals surface area contributed by atoms with Crippen molar-refractivity contribution >= 4 is 15.9 Å². The molecule has 1 N–H and O–H groups in total. The van der Waals surface area contributed by atoms with Gasteiger partial charge in [-0.3, -0.25) is 4.79 Å². The van der Waals surface area contributed by atoms with E-state index in [1.165, 1.54) is 15.9 Å². The second-order valence-corrected chi connectivity index (χ2v) is 9.11. The van der Waals surface area contributed by atoms with Crippen LogP contribution in [0.4, 0.5) is 0 Å². The molecule has 29 heavy (non-hydrogen) atoms. The van der Waals surface area contributed by atoms with E-state index in [-0.39, 0.29) is 10.8 Å². The molecule has 1 amide bonds. The highest BCUT2D eigenvalue weighted by atomic mass is 32.2. The lowest BCUT2D eigenvalue weighted by molar-refractivity contribution is 0.0948. The summed E-state index contributed by atoms with van der Waals surface area (Å²) >= 11 is 0. The average Bonchev–Trinajstić information content (AvgIpc) is 2.76. The zero-order chi connectivity index (χ0) is 20.9. The quantitative estimate of drug-likeness (QED) is 0.719. The molecule has 0 atom stereocenters. The summed E-state index contributed by atoms with van der Waals surface area (Å²) in [6, 6.07) is 14.2. The molecule has 6 nitrogen and oxygen atoms in total. The first-order valence-electron chi connectivity index (χ1n) is 10.1. The zero-order valence-corrected chi connectivity index (χ0v) is 17.9. The monoisotopic (exact) mass is 415 g/mol. The molecule has 7 heteroatoms. The maximum Gasteiger partial charge on any atom is 0.251 e. The normalized spacial score (nSPS) is 14.6. The van der Waals surface area contributed by atoms with Gasteiger partial charge in [-0.25, -0.2) is 8.42 Å². The smallest absolute Gasteiger partial charge is 0.251 e. The molecule has 0 spiro atoms. The Hall–Kier alpha value is -2.22. The Labute approximate surface area is 173 Å². The molecule has 0 bridgehead atoms. The Morgan fingerprint density at radius 2 is 1.79 bits per heavy atom. The number of hydrogen-bond donors (Lipinski definition) is 1. The van der Waals surface area contributed by atoms with Crippen molar-refractivity contribution in [2.45, 2.75) is 31.7 Å². The molecule has 0 unspecified atom stereocenters. The number of amides is 1. The first-order valence-corrected chi connectivity index (χ1v) is 11.6. The number of nitrogens with one attached hydrogen (secondary N) is 1. The summed E-state index contributed by atoms with van der Waals surface area (Å²) < 4.78 is 27.8. The standard InChI is InChI=1S/C22H29N3O3S/c1-3-24(4-2)15-13-23-22(26)19-10-7-11-21(16-19)29(27,28)25-14-12-18-8-5-6-9-20(18)17-25/h5-11,16H,3-4,12-15,17H2,1-2H3,(H,23,26). The van der Waals surface area contributed by atoms with Gasteiger partial charge in [0.15, 0.2) is 0 Å². The van der Waals surface area contributed by atoms with Crippen LogP contribution in [0, 0.1) is 0 Å². The Morgan fingerprint density at radius 1 is 1.07 bits per heavy atom. The van der Waals surface area contributed by atoms with Gasteiger partial charge in [-0.15, -0.1) is 0 Å². The molecule has 3 rings (SSSR count). The molecule has 2 aromatic rings. The number of benzene rings is 2. The number of likely N-dealkylation sites (N-methyl/N-ethyl adjacent to an activating group) is 1. The molecule has 0 aromatic heterocycles. The van der Waals surface area contributed by atoms with Crippen molar-refractivity contribution in [2.24, 2.45) is 0 Å². The number of rotatable bonds is 8. The summed E-state index contributed by atoms with van der Waals surface area (Å²) in [5.41, 5.74) is 2.59. The van der Waals surface area contributed by atoms with Gasteiger partial charge >= 0.3 is 0 Å².